The number of sulfonamides is 1. The summed E-state index contributed by atoms with van der Waals surface area (Å²) in [5, 5.41) is 0.395. The van der Waals surface area contributed by atoms with Crippen molar-refractivity contribution in [2.24, 2.45) is 0 Å². The van der Waals surface area contributed by atoms with Crippen molar-refractivity contribution >= 4 is 41.9 Å². The molecule has 0 bridgehead atoms. The molecule has 90 valence electrons. The van der Waals surface area contributed by atoms with E-state index in [4.69, 9.17) is 4.74 Å². The summed E-state index contributed by atoms with van der Waals surface area (Å²) in [6.45, 7) is 0. The van der Waals surface area contributed by atoms with Gasteiger partial charge in [-0.25, -0.2) is 13.1 Å². The van der Waals surface area contributed by atoms with Crippen molar-refractivity contribution in [3.63, 3.8) is 0 Å². The summed E-state index contributed by atoms with van der Waals surface area (Å²) < 4.78 is 31.7. The Balaban J connectivity index is 3.54. The zero-order valence-electron chi connectivity index (χ0n) is 8.75. The zero-order chi connectivity index (χ0) is 12.3. The lowest BCUT2D eigenvalue weighted by Gasteiger charge is -2.13. The van der Waals surface area contributed by atoms with Crippen molar-refractivity contribution in [3.05, 3.63) is 22.2 Å². The largest absolute Gasteiger partial charge is 0.495 e. The average Bonchev–Trinajstić information content (AvgIpc) is 2.28. The molecule has 0 aliphatic heterocycles. The van der Waals surface area contributed by atoms with Crippen LogP contribution < -0.4 is 9.46 Å². The maximum atomic E-state index is 11.8. The summed E-state index contributed by atoms with van der Waals surface area (Å²) >= 11 is 6.57. The first kappa shape index (κ1) is 14.0. The monoisotopic (exact) mass is 371 g/mol. The molecule has 0 unspecified atom stereocenters. The molecule has 0 aliphatic rings. The van der Waals surface area contributed by atoms with E-state index in [0.717, 1.165) is 4.47 Å². The molecule has 0 radical (unpaired) electrons. The summed E-state index contributed by atoms with van der Waals surface area (Å²) in [5.74, 6) is 0.521. The van der Waals surface area contributed by atoms with Crippen LogP contribution in [0.5, 0.6) is 5.75 Å². The minimum absolute atomic E-state index is 0.215. The lowest BCUT2D eigenvalue weighted by molar-refractivity contribution is 0.407. The Morgan fingerprint density at radius 2 is 2.06 bits per heavy atom. The van der Waals surface area contributed by atoms with E-state index in [0.29, 0.717) is 16.6 Å². The molecule has 1 aromatic rings. The quantitative estimate of drug-likeness (QED) is 0.824. The Bertz CT molecular complexity index is 488. The minimum atomic E-state index is -3.47. The molecule has 4 nitrogen and oxygen atoms in total. The summed E-state index contributed by atoms with van der Waals surface area (Å²) in [6.07, 6.45) is 0. The number of nitrogens with one attached hydrogen (secondary N) is 1. The predicted molar refractivity (Wildman–Crippen MR) is 69.6 cm³/mol. The van der Waals surface area contributed by atoms with Crippen molar-refractivity contribution in [2.45, 2.75) is 10.2 Å². The van der Waals surface area contributed by atoms with Crippen LogP contribution in [0.4, 0.5) is 0 Å². The van der Waals surface area contributed by atoms with Gasteiger partial charge in [0.15, 0.2) is 0 Å². The highest BCUT2D eigenvalue weighted by molar-refractivity contribution is 9.10. The topological polar surface area (TPSA) is 55.4 Å². The fraction of sp³-hybridized carbons (Fsp3) is 0.333. The number of hydrogen-bond acceptors (Lipinski definition) is 3. The molecule has 0 atom stereocenters. The summed E-state index contributed by atoms with van der Waals surface area (Å²) in [7, 11) is -0.592. The van der Waals surface area contributed by atoms with Crippen molar-refractivity contribution in [1.29, 1.82) is 0 Å². The molecule has 1 aromatic carbocycles. The van der Waals surface area contributed by atoms with Gasteiger partial charge in [-0.1, -0.05) is 15.9 Å². The Morgan fingerprint density at radius 1 is 1.44 bits per heavy atom. The van der Waals surface area contributed by atoms with Gasteiger partial charge in [0.2, 0.25) is 10.0 Å². The molecule has 0 saturated carbocycles. The molecule has 0 aromatic heterocycles. The van der Waals surface area contributed by atoms with Crippen LogP contribution >= 0.6 is 31.9 Å². The van der Waals surface area contributed by atoms with E-state index >= 15 is 0 Å². The first-order valence-corrected chi connectivity index (χ1v) is 7.72. The minimum Gasteiger partial charge on any atom is -0.495 e. The standard InChI is InChI=1S/C9H11Br2NO3S/c1-12-16(13,14)8-4-3-7(11)9(15-2)6(8)5-10/h3-4,12H,5H2,1-2H3. The maximum Gasteiger partial charge on any atom is 0.240 e. The average molecular weight is 373 g/mol. The molecular weight excluding hydrogens is 362 g/mol. The van der Waals surface area contributed by atoms with Crippen LogP contribution in [0.25, 0.3) is 0 Å². The van der Waals surface area contributed by atoms with E-state index in [1.54, 1.807) is 6.07 Å². The predicted octanol–water partition coefficient (Wildman–Crippen LogP) is 2.26. The van der Waals surface area contributed by atoms with Crippen LogP contribution in [0.1, 0.15) is 5.56 Å². The third-order valence-electron chi connectivity index (χ3n) is 2.07. The first-order valence-electron chi connectivity index (χ1n) is 4.32. The fourth-order valence-corrected chi connectivity index (χ4v) is 3.52. The third-order valence-corrected chi connectivity index (χ3v) is 4.75. The van der Waals surface area contributed by atoms with Gasteiger partial charge in [0.05, 0.1) is 16.5 Å². The molecular formula is C9H11Br2NO3S. The highest BCUT2D eigenvalue weighted by Crippen LogP contribution is 2.34. The first-order chi connectivity index (χ1) is 7.47. The third kappa shape index (κ3) is 2.58. The van der Waals surface area contributed by atoms with Gasteiger partial charge in [-0.2, -0.15) is 0 Å². The van der Waals surface area contributed by atoms with Crippen molar-refractivity contribution < 1.29 is 13.2 Å². The Hall–Kier alpha value is -0.110. The van der Waals surface area contributed by atoms with Gasteiger partial charge in [-0.05, 0) is 35.1 Å². The Labute approximate surface area is 112 Å². The van der Waals surface area contributed by atoms with Gasteiger partial charge in [-0.3, -0.25) is 0 Å². The lowest BCUT2D eigenvalue weighted by Crippen LogP contribution is -2.20. The number of rotatable bonds is 4. The van der Waals surface area contributed by atoms with Crippen LogP contribution in [0.15, 0.2) is 21.5 Å². The Kier molecular flexibility index (Phi) is 4.78. The highest BCUT2D eigenvalue weighted by atomic mass is 79.9. The molecule has 0 heterocycles. The van der Waals surface area contributed by atoms with E-state index < -0.39 is 10.0 Å². The van der Waals surface area contributed by atoms with Gasteiger partial charge in [-0.15, -0.1) is 0 Å². The number of alkyl halides is 1. The van der Waals surface area contributed by atoms with Gasteiger partial charge in [0.1, 0.15) is 5.75 Å². The number of methoxy groups -OCH3 is 1. The van der Waals surface area contributed by atoms with Crippen LogP contribution in [-0.4, -0.2) is 22.6 Å². The summed E-state index contributed by atoms with van der Waals surface area (Å²) in [6, 6.07) is 3.18. The SMILES string of the molecule is CNS(=O)(=O)c1ccc(Br)c(OC)c1CBr. The number of hydrogen-bond donors (Lipinski definition) is 1. The summed E-state index contributed by atoms with van der Waals surface area (Å²) in [4.78, 5) is 0.215. The Morgan fingerprint density at radius 3 is 2.50 bits per heavy atom. The van der Waals surface area contributed by atoms with Crippen LogP contribution in [0.3, 0.4) is 0 Å². The van der Waals surface area contributed by atoms with E-state index in [1.165, 1.54) is 20.2 Å². The highest BCUT2D eigenvalue weighted by Gasteiger charge is 2.20. The zero-order valence-corrected chi connectivity index (χ0v) is 12.7. The van der Waals surface area contributed by atoms with E-state index in [9.17, 15) is 8.42 Å². The van der Waals surface area contributed by atoms with Gasteiger partial charge >= 0.3 is 0 Å². The maximum absolute atomic E-state index is 11.8. The lowest BCUT2D eigenvalue weighted by atomic mass is 10.2. The number of ether oxygens (including phenoxy) is 1. The van der Waals surface area contributed by atoms with Gasteiger partial charge < -0.3 is 4.74 Å². The molecule has 0 amide bonds. The molecule has 1 N–H and O–H groups in total. The van der Waals surface area contributed by atoms with Gasteiger partial charge in [0, 0.05) is 10.9 Å². The van der Waals surface area contributed by atoms with E-state index in [1.807, 2.05) is 0 Å². The molecule has 0 fully saturated rings. The van der Waals surface area contributed by atoms with Gasteiger partial charge in [0.25, 0.3) is 0 Å². The fourth-order valence-electron chi connectivity index (χ4n) is 1.29. The molecule has 0 spiro atoms. The molecule has 1 rings (SSSR count). The normalized spacial score (nSPS) is 11.5. The number of benzene rings is 1. The van der Waals surface area contributed by atoms with Crippen LogP contribution in [0.2, 0.25) is 0 Å². The van der Waals surface area contributed by atoms with Crippen molar-refractivity contribution in [2.75, 3.05) is 14.2 Å². The summed E-state index contributed by atoms with van der Waals surface area (Å²) in [5.41, 5.74) is 0.589. The van der Waals surface area contributed by atoms with Crippen molar-refractivity contribution in [1.82, 2.24) is 4.72 Å². The second kappa shape index (κ2) is 5.48. The second-order valence-corrected chi connectivity index (χ2v) is 6.17. The van der Waals surface area contributed by atoms with Crippen LogP contribution in [0, 0.1) is 0 Å². The van der Waals surface area contributed by atoms with E-state index in [-0.39, 0.29) is 4.90 Å². The molecule has 16 heavy (non-hydrogen) atoms. The van der Waals surface area contributed by atoms with Crippen LogP contribution in [-0.2, 0) is 15.4 Å². The molecule has 7 heteroatoms. The second-order valence-electron chi connectivity index (χ2n) is 2.90. The number of halogens is 2. The smallest absolute Gasteiger partial charge is 0.240 e. The molecule has 0 saturated heterocycles. The molecule has 0 aliphatic carbocycles. The van der Waals surface area contributed by atoms with Crippen molar-refractivity contribution in [3.8, 4) is 5.75 Å². The van der Waals surface area contributed by atoms with E-state index in [2.05, 4.69) is 36.6 Å².